The van der Waals surface area contributed by atoms with E-state index in [0.29, 0.717) is 0 Å². The molecule has 0 saturated heterocycles. The molecule has 0 spiro atoms. The second-order valence-electron chi connectivity index (χ2n) is 19.2. The van der Waals surface area contributed by atoms with E-state index in [1.54, 1.807) is 0 Å². The maximum Gasteiger partial charge on any atom is 0.269 e. The first kappa shape index (κ1) is 41.5. The number of pyridine rings is 1. The van der Waals surface area contributed by atoms with Crippen molar-refractivity contribution in [1.29, 1.82) is 0 Å². The third kappa shape index (κ3) is 7.82. The number of fused-ring (bicyclic) bond motifs is 3. The zero-order valence-corrected chi connectivity index (χ0v) is 38.2. The van der Waals surface area contributed by atoms with Crippen LogP contribution >= 0.6 is 0 Å². The van der Waals surface area contributed by atoms with Crippen LogP contribution in [0.25, 0.3) is 50.1 Å². The topological polar surface area (TPSA) is 35.9 Å². The van der Waals surface area contributed by atoms with Gasteiger partial charge in [-0.15, -0.1) is 0 Å². The molecule has 10 rings (SSSR count). The van der Waals surface area contributed by atoms with Gasteiger partial charge in [0.1, 0.15) is 17.3 Å². The predicted octanol–water partition coefficient (Wildman–Crippen LogP) is 14.5. The molecule has 0 aliphatic rings. The van der Waals surface area contributed by atoms with Crippen LogP contribution in [0.15, 0.2) is 200 Å². The number of hydrogen-bond acceptors (Lipinski definition) is 2. The number of rotatable bonds is 10. The zero-order valence-electron chi connectivity index (χ0n) is 38.2. The molecule has 5 heteroatoms. The van der Waals surface area contributed by atoms with Gasteiger partial charge in [-0.05, 0) is 99.5 Å². The van der Waals surface area contributed by atoms with E-state index in [-0.39, 0.29) is 16.2 Å². The van der Waals surface area contributed by atoms with Crippen molar-refractivity contribution in [2.75, 3.05) is 0 Å². The van der Waals surface area contributed by atoms with Crippen LogP contribution in [-0.4, -0.2) is 14.1 Å². The van der Waals surface area contributed by atoms with Gasteiger partial charge >= 0.3 is 0 Å². The summed E-state index contributed by atoms with van der Waals surface area (Å²) in [5.41, 5.74) is 11.9. The van der Waals surface area contributed by atoms with E-state index in [0.717, 1.165) is 67.3 Å². The fourth-order valence-electron chi connectivity index (χ4n) is 9.20. The number of imidazole rings is 1. The third-order valence-electron chi connectivity index (χ3n) is 13.2. The van der Waals surface area contributed by atoms with Gasteiger partial charge in [-0.1, -0.05) is 170 Å². The van der Waals surface area contributed by atoms with Crippen LogP contribution in [0.2, 0.25) is 0 Å². The largest absolute Gasteiger partial charge is 0.458 e. The molecule has 0 N–H and O–H groups in total. The predicted molar refractivity (Wildman–Crippen MR) is 266 cm³/mol. The van der Waals surface area contributed by atoms with Crippen LogP contribution in [0, 0.1) is 6.33 Å². The van der Waals surface area contributed by atoms with Crippen molar-refractivity contribution in [1.82, 2.24) is 14.1 Å². The standard InChI is InChI=1S/C60H54N4O/c1-58(2,3)56-40-62(41-63(56)48-29-27-46(28-30-48)59(4,5)44-21-13-9-14-22-44)49-35-43(42-19-11-8-12-20-42)36-51(38-49)65-50-31-32-53-52-25-17-18-26-54(52)64(55(53)39-50)57-37-47(33-34-61-57)60(6,7)45-23-15-10-16-24-45/h8-40H,1-7H3. The van der Waals surface area contributed by atoms with Crippen molar-refractivity contribution >= 4 is 21.8 Å². The van der Waals surface area contributed by atoms with Crippen molar-refractivity contribution in [3.63, 3.8) is 0 Å². The Bertz CT molecular complexity index is 3300. The summed E-state index contributed by atoms with van der Waals surface area (Å²) >= 11 is 0. The summed E-state index contributed by atoms with van der Waals surface area (Å²) in [4.78, 5) is 4.98. The highest BCUT2D eigenvalue weighted by Crippen LogP contribution is 2.39. The summed E-state index contributed by atoms with van der Waals surface area (Å²) in [6.45, 7) is 15.9. The van der Waals surface area contributed by atoms with Gasteiger partial charge in [0.2, 0.25) is 0 Å². The highest BCUT2D eigenvalue weighted by molar-refractivity contribution is 6.09. The van der Waals surface area contributed by atoms with Crippen LogP contribution in [0.3, 0.4) is 0 Å². The van der Waals surface area contributed by atoms with Gasteiger partial charge in [0.15, 0.2) is 0 Å². The van der Waals surface area contributed by atoms with Crippen LogP contribution in [-0.2, 0) is 16.2 Å². The van der Waals surface area contributed by atoms with E-state index in [1.165, 1.54) is 22.3 Å². The summed E-state index contributed by atoms with van der Waals surface area (Å²) in [6, 6.07) is 66.6. The Morgan fingerprint density at radius 1 is 0.492 bits per heavy atom. The fraction of sp³-hybridized carbons (Fsp3) is 0.167. The van der Waals surface area contributed by atoms with Crippen molar-refractivity contribution in [2.45, 2.75) is 64.7 Å². The normalized spacial score (nSPS) is 12.2. The molecule has 0 fully saturated rings. The number of ether oxygens (including phenoxy) is 1. The molecule has 3 heterocycles. The van der Waals surface area contributed by atoms with Gasteiger partial charge in [-0.25, -0.2) is 4.98 Å². The Morgan fingerprint density at radius 2 is 1.09 bits per heavy atom. The Morgan fingerprint density at radius 3 is 1.77 bits per heavy atom. The number of aromatic nitrogens is 4. The first-order valence-electron chi connectivity index (χ1n) is 22.5. The molecule has 7 aromatic carbocycles. The minimum absolute atomic E-state index is 0.135. The summed E-state index contributed by atoms with van der Waals surface area (Å²) in [6.07, 6.45) is 7.88. The molecule has 0 atom stereocenters. The molecular formula is C60H54N4O. The molecule has 0 unspecified atom stereocenters. The van der Waals surface area contributed by atoms with E-state index in [9.17, 15) is 0 Å². The van der Waals surface area contributed by atoms with E-state index < -0.39 is 0 Å². The second-order valence-corrected chi connectivity index (χ2v) is 19.2. The molecular weight excluding hydrogens is 793 g/mol. The van der Waals surface area contributed by atoms with Crippen molar-refractivity contribution in [2.24, 2.45) is 0 Å². The Balaban J connectivity index is 1.05. The zero-order chi connectivity index (χ0) is 44.9. The van der Waals surface area contributed by atoms with E-state index >= 15 is 0 Å². The molecule has 0 saturated carbocycles. The lowest BCUT2D eigenvalue weighted by atomic mass is 9.78. The molecule has 10 aromatic rings. The summed E-state index contributed by atoms with van der Waals surface area (Å²) in [7, 11) is 0. The smallest absolute Gasteiger partial charge is 0.269 e. The van der Waals surface area contributed by atoms with Gasteiger partial charge in [-0.3, -0.25) is 13.7 Å². The quantitative estimate of drug-likeness (QED) is 0.102. The Hall–Kier alpha value is -7.50. The molecule has 0 radical (unpaired) electrons. The summed E-state index contributed by atoms with van der Waals surface area (Å²) in [5.74, 6) is 2.33. The third-order valence-corrected chi connectivity index (χ3v) is 13.2. The second kappa shape index (κ2) is 16.2. The Labute approximate surface area is 382 Å². The lowest BCUT2D eigenvalue weighted by Crippen LogP contribution is -2.38. The number of hydrogen-bond donors (Lipinski definition) is 0. The van der Waals surface area contributed by atoms with Crippen molar-refractivity contribution < 1.29 is 9.30 Å². The lowest BCUT2D eigenvalue weighted by molar-refractivity contribution is -0.611. The molecule has 0 aliphatic heterocycles. The summed E-state index contributed by atoms with van der Waals surface area (Å²) in [5, 5.41) is 2.30. The molecule has 65 heavy (non-hydrogen) atoms. The highest BCUT2D eigenvalue weighted by atomic mass is 16.5. The molecule has 0 bridgehead atoms. The lowest BCUT2D eigenvalue weighted by Gasteiger charge is -2.26. The van der Waals surface area contributed by atoms with Crippen LogP contribution < -0.4 is 9.30 Å². The molecule has 0 aliphatic carbocycles. The molecule has 320 valence electrons. The first-order valence-corrected chi connectivity index (χ1v) is 22.5. The van der Waals surface area contributed by atoms with Crippen molar-refractivity contribution in [3.8, 4) is 39.8 Å². The number of benzene rings is 7. The van der Waals surface area contributed by atoms with Gasteiger partial charge in [-0.2, -0.15) is 0 Å². The SMILES string of the molecule is CC(C)(C)c1cn(-c2cc(Oc3ccc4c5ccccc5n(-c5cc(C(C)(C)c6ccccc6)ccn5)c4c3)cc(-c3ccccc3)c2)[c-][n+]1-c1ccc(C(C)(C)c2ccccc2)cc1. The molecule has 5 nitrogen and oxygen atoms in total. The van der Waals surface area contributed by atoms with E-state index in [2.05, 4.69) is 263 Å². The fourth-order valence-corrected chi connectivity index (χ4v) is 9.20. The number of para-hydroxylation sites is 1. The van der Waals surface area contributed by atoms with Crippen LogP contribution in [0.4, 0.5) is 0 Å². The number of nitrogens with zero attached hydrogens (tertiary/aromatic N) is 4. The summed E-state index contributed by atoms with van der Waals surface area (Å²) < 4.78 is 13.5. The maximum absolute atomic E-state index is 6.94. The minimum Gasteiger partial charge on any atom is -0.458 e. The average Bonchev–Trinajstić information content (AvgIpc) is 3.93. The molecule has 0 amide bonds. The minimum atomic E-state index is -0.220. The van der Waals surface area contributed by atoms with Crippen LogP contribution in [0.5, 0.6) is 11.5 Å². The van der Waals surface area contributed by atoms with Gasteiger partial charge in [0.05, 0.1) is 28.1 Å². The van der Waals surface area contributed by atoms with E-state index in [1.807, 2.05) is 6.20 Å². The van der Waals surface area contributed by atoms with Crippen molar-refractivity contribution in [3.05, 3.63) is 235 Å². The van der Waals surface area contributed by atoms with E-state index in [4.69, 9.17) is 9.72 Å². The molecule has 3 aromatic heterocycles. The average molecular weight is 847 g/mol. The Kier molecular flexibility index (Phi) is 10.4. The maximum atomic E-state index is 6.94. The monoisotopic (exact) mass is 846 g/mol. The highest BCUT2D eigenvalue weighted by Gasteiger charge is 2.27. The van der Waals surface area contributed by atoms with Gasteiger partial charge < -0.3 is 4.74 Å². The first-order chi connectivity index (χ1) is 31.3. The van der Waals surface area contributed by atoms with Crippen LogP contribution in [0.1, 0.15) is 76.4 Å². The van der Waals surface area contributed by atoms with Gasteiger partial charge in [0.25, 0.3) is 6.33 Å². The van der Waals surface area contributed by atoms with Gasteiger partial charge in [0, 0.05) is 40.1 Å².